The predicted molar refractivity (Wildman–Crippen MR) is 70.5 cm³/mol. The number of hydrogen-bond acceptors (Lipinski definition) is 5. The van der Waals surface area contributed by atoms with Gasteiger partial charge in [-0.25, -0.2) is 0 Å². The smallest absolute Gasteiger partial charge is 0.381 e. The molecule has 2 atom stereocenters. The van der Waals surface area contributed by atoms with Gasteiger partial charge in [-0.1, -0.05) is 6.92 Å². The van der Waals surface area contributed by atoms with Gasteiger partial charge in [0.2, 0.25) is 11.7 Å². The van der Waals surface area contributed by atoms with Gasteiger partial charge in [-0.2, -0.15) is 0 Å². The molecule has 0 spiro atoms. The summed E-state index contributed by atoms with van der Waals surface area (Å²) in [5.41, 5.74) is 0. The molecule has 1 fully saturated rings. The van der Waals surface area contributed by atoms with E-state index in [1.54, 1.807) is 13.8 Å². The number of nitrogens with zero attached hydrogens (tertiary/aromatic N) is 4. The van der Waals surface area contributed by atoms with E-state index in [2.05, 4.69) is 4.98 Å². The van der Waals surface area contributed by atoms with Crippen molar-refractivity contribution >= 4 is 17.7 Å². The van der Waals surface area contributed by atoms with Crippen molar-refractivity contribution in [3.05, 3.63) is 22.1 Å². The van der Waals surface area contributed by atoms with Crippen LogP contribution in [0.2, 0.25) is 0 Å². The van der Waals surface area contributed by atoms with Crippen LogP contribution >= 0.6 is 0 Å². The van der Waals surface area contributed by atoms with Crippen LogP contribution in [0.3, 0.4) is 0 Å². The lowest BCUT2D eigenvalue weighted by Crippen LogP contribution is -2.32. The third-order valence-electron chi connectivity index (χ3n) is 3.74. The summed E-state index contributed by atoms with van der Waals surface area (Å²) in [6.07, 6.45) is 1.21. The predicted octanol–water partition coefficient (Wildman–Crippen LogP) is 0.279. The Morgan fingerprint density at radius 2 is 2.19 bits per heavy atom. The molecule has 9 heteroatoms. The minimum absolute atomic E-state index is 0.0776. The van der Waals surface area contributed by atoms with E-state index in [0.29, 0.717) is 12.4 Å². The van der Waals surface area contributed by atoms with Crippen LogP contribution in [0.5, 0.6) is 0 Å². The van der Waals surface area contributed by atoms with E-state index < -0.39 is 16.8 Å². The number of likely N-dealkylation sites (tertiary alicyclic amines) is 1. The highest BCUT2D eigenvalue weighted by Gasteiger charge is 2.37. The molecule has 0 unspecified atom stereocenters. The molecule has 1 aliphatic heterocycles. The van der Waals surface area contributed by atoms with Crippen LogP contribution in [-0.4, -0.2) is 49.4 Å². The Morgan fingerprint density at radius 1 is 1.52 bits per heavy atom. The second-order valence-electron chi connectivity index (χ2n) is 5.25. The van der Waals surface area contributed by atoms with Gasteiger partial charge in [-0.3, -0.25) is 14.2 Å². The summed E-state index contributed by atoms with van der Waals surface area (Å²) >= 11 is 0. The summed E-state index contributed by atoms with van der Waals surface area (Å²) in [6.45, 7) is 3.84. The Bertz CT molecular complexity index is 596. The summed E-state index contributed by atoms with van der Waals surface area (Å²) in [5, 5.41) is 19.7. The first kappa shape index (κ1) is 14.9. The van der Waals surface area contributed by atoms with Gasteiger partial charge >= 0.3 is 11.8 Å². The zero-order valence-electron chi connectivity index (χ0n) is 11.7. The number of rotatable bonds is 4. The lowest BCUT2D eigenvalue weighted by Gasteiger charge is -2.16. The van der Waals surface area contributed by atoms with Crippen molar-refractivity contribution in [3.8, 4) is 0 Å². The van der Waals surface area contributed by atoms with Crippen LogP contribution < -0.4 is 0 Å². The molecule has 1 amide bonds. The molecule has 0 aliphatic carbocycles. The van der Waals surface area contributed by atoms with E-state index in [1.807, 2.05) is 0 Å². The largest absolute Gasteiger partial charge is 0.481 e. The number of carbonyl (C=O) groups excluding carboxylic acids is 1. The third-order valence-corrected chi connectivity index (χ3v) is 3.74. The molecule has 0 bridgehead atoms. The highest BCUT2D eigenvalue weighted by molar-refractivity contribution is 5.79. The van der Waals surface area contributed by atoms with Crippen molar-refractivity contribution in [2.24, 2.45) is 11.8 Å². The first-order valence-electron chi connectivity index (χ1n) is 6.48. The molecule has 1 aromatic heterocycles. The van der Waals surface area contributed by atoms with Crippen LogP contribution in [0.4, 0.5) is 5.82 Å². The fraction of sp³-hybridized carbons (Fsp3) is 0.583. The maximum atomic E-state index is 12.2. The monoisotopic (exact) mass is 296 g/mol. The second kappa shape index (κ2) is 5.51. The fourth-order valence-corrected chi connectivity index (χ4v) is 2.48. The summed E-state index contributed by atoms with van der Waals surface area (Å²) < 4.78 is 1.40. The van der Waals surface area contributed by atoms with Crippen molar-refractivity contribution in [1.29, 1.82) is 0 Å². The van der Waals surface area contributed by atoms with Crippen LogP contribution in [0, 0.1) is 28.9 Å². The molecule has 1 N–H and O–H groups in total. The van der Waals surface area contributed by atoms with E-state index in [1.165, 1.54) is 15.7 Å². The number of aryl methyl sites for hydroxylation is 1. The number of amides is 1. The van der Waals surface area contributed by atoms with E-state index in [-0.39, 0.29) is 30.7 Å². The lowest BCUT2D eigenvalue weighted by atomic mass is 9.99. The van der Waals surface area contributed by atoms with E-state index in [4.69, 9.17) is 5.11 Å². The topological polar surface area (TPSA) is 119 Å². The zero-order chi connectivity index (χ0) is 15.7. The number of aliphatic carboxylic acids is 1. The quantitative estimate of drug-likeness (QED) is 0.629. The molecule has 1 saturated heterocycles. The van der Waals surface area contributed by atoms with Gasteiger partial charge in [-0.15, -0.1) is 0 Å². The van der Waals surface area contributed by atoms with Crippen molar-refractivity contribution in [2.45, 2.75) is 20.4 Å². The van der Waals surface area contributed by atoms with Crippen LogP contribution in [-0.2, 0) is 16.1 Å². The van der Waals surface area contributed by atoms with Gasteiger partial charge in [0.15, 0.2) is 0 Å². The van der Waals surface area contributed by atoms with Crippen molar-refractivity contribution in [2.75, 3.05) is 13.1 Å². The van der Waals surface area contributed by atoms with Crippen LogP contribution in [0.25, 0.3) is 0 Å². The number of carbonyl (C=O) groups is 2. The van der Waals surface area contributed by atoms with Crippen LogP contribution in [0.1, 0.15) is 12.7 Å². The average molecular weight is 296 g/mol. The second-order valence-corrected chi connectivity index (χ2v) is 5.25. The van der Waals surface area contributed by atoms with Crippen LogP contribution in [0.15, 0.2) is 6.20 Å². The van der Waals surface area contributed by atoms with Gasteiger partial charge in [0.05, 0.1) is 5.92 Å². The summed E-state index contributed by atoms with van der Waals surface area (Å²) in [4.78, 5) is 38.5. The van der Waals surface area contributed by atoms with Crippen molar-refractivity contribution < 1.29 is 19.6 Å². The number of aromatic nitrogens is 2. The molecule has 9 nitrogen and oxygen atoms in total. The molecule has 2 heterocycles. The Labute approximate surface area is 120 Å². The van der Waals surface area contributed by atoms with Gasteiger partial charge < -0.3 is 20.1 Å². The average Bonchev–Trinajstić information content (AvgIpc) is 2.94. The van der Waals surface area contributed by atoms with Crippen molar-refractivity contribution in [1.82, 2.24) is 14.5 Å². The van der Waals surface area contributed by atoms with E-state index >= 15 is 0 Å². The lowest BCUT2D eigenvalue weighted by molar-refractivity contribution is -0.389. The molecular weight excluding hydrogens is 280 g/mol. The maximum absolute atomic E-state index is 12.2. The first-order chi connectivity index (χ1) is 9.79. The zero-order valence-corrected chi connectivity index (χ0v) is 11.7. The molecule has 2 rings (SSSR count). The first-order valence-corrected chi connectivity index (χ1v) is 6.48. The Hall–Kier alpha value is -2.45. The minimum Gasteiger partial charge on any atom is -0.481 e. The van der Waals surface area contributed by atoms with E-state index in [0.717, 1.165) is 0 Å². The highest BCUT2D eigenvalue weighted by atomic mass is 16.6. The summed E-state index contributed by atoms with van der Waals surface area (Å²) in [6, 6.07) is 0. The number of carboxylic acids is 1. The molecule has 1 aromatic rings. The SMILES string of the molecule is Cc1nc([N+](=O)[O-])cn1CC(=O)N1C[C@@H](C)[C@H](C(=O)O)C1. The number of carboxylic acid groups (broad SMARTS) is 1. The Kier molecular flexibility index (Phi) is 3.92. The summed E-state index contributed by atoms with van der Waals surface area (Å²) in [5.74, 6) is -1.78. The molecule has 21 heavy (non-hydrogen) atoms. The van der Waals surface area contributed by atoms with Gasteiger partial charge in [-0.05, 0) is 15.8 Å². The normalized spacial score (nSPS) is 21.5. The van der Waals surface area contributed by atoms with Gasteiger partial charge in [0.25, 0.3) is 0 Å². The Balaban J connectivity index is 2.06. The third kappa shape index (κ3) is 3.01. The maximum Gasteiger partial charge on any atom is 0.381 e. The number of hydrogen-bond donors (Lipinski definition) is 1. The van der Waals surface area contributed by atoms with Crippen molar-refractivity contribution in [3.63, 3.8) is 0 Å². The fourth-order valence-electron chi connectivity index (χ4n) is 2.48. The highest BCUT2D eigenvalue weighted by Crippen LogP contribution is 2.23. The molecule has 0 saturated carbocycles. The minimum atomic E-state index is -0.910. The molecule has 0 aromatic carbocycles. The summed E-state index contributed by atoms with van der Waals surface area (Å²) in [7, 11) is 0. The van der Waals surface area contributed by atoms with Gasteiger partial charge in [0.1, 0.15) is 12.7 Å². The van der Waals surface area contributed by atoms with Gasteiger partial charge in [0, 0.05) is 20.0 Å². The molecule has 1 aliphatic rings. The standard InChI is InChI=1S/C12H16N4O5/c1-7-3-15(4-9(7)12(18)19)11(17)6-14-5-10(16(20)21)13-8(14)2/h5,7,9H,3-4,6H2,1-2H3,(H,18,19)/t7-,9-/m1/s1. The number of nitro groups is 1. The van der Waals surface area contributed by atoms with E-state index in [9.17, 15) is 19.7 Å². The molecular formula is C12H16N4O5. The Morgan fingerprint density at radius 3 is 2.67 bits per heavy atom. The molecule has 114 valence electrons. The number of imidazole rings is 1. The molecule has 0 radical (unpaired) electrons.